The first-order chi connectivity index (χ1) is 8.16. The van der Waals surface area contributed by atoms with Crippen LogP contribution in [0.4, 0.5) is 0 Å². The molecule has 1 unspecified atom stereocenters. The van der Waals surface area contributed by atoms with Gasteiger partial charge in [-0.05, 0) is 55.7 Å². The monoisotopic (exact) mass is 232 g/mol. The number of aliphatic hydroxyl groups is 1. The van der Waals surface area contributed by atoms with Crippen LogP contribution >= 0.6 is 0 Å². The quantitative estimate of drug-likeness (QED) is 0.840. The minimum atomic E-state index is -0.141. The summed E-state index contributed by atoms with van der Waals surface area (Å²) in [6, 6.07) is 6.55. The molecule has 1 fully saturated rings. The average Bonchev–Trinajstić information content (AvgIpc) is 2.35. The van der Waals surface area contributed by atoms with E-state index in [-0.39, 0.29) is 6.10 Å². The molecular weight excluding hydrogens is 208 g/mol. The Hall–Kier alpha value is -0.820. The fourth-order valence-corrected chi connectivity index (χ4v) is 2.86. The second-order valence-corrected chi connectivity index (χ2v) is 5.59. The Morgan fingerprint density at radius 1 is 1.12 bits per heavy atom. The average molecular weight is 232 g/mol. The van der Waals surface area contributed by atoms with Gasteiger partial charge >= 0.3 is 0 Å². The number of benzene rings is 1. The zero-order chi connectivity index (χ0) is 12.3. The maximum atomic E-state index is 10.3. The molecule has 1 N–H and O–H groups in total. The standard InChI is InChI=1S/C16H24O/c1-12-8-9-14(10-13(12)2)11-16(17)15-6-4-3-5-7-15/h8-10,15-17H,3-7,11H2,1-2H3. The number of aryl methyl sites for hydroxylation is 2. The van der Waals surface area contributed by atoms with Gasteiger partial charge in [-0.3, -0.25) is 0 Å². The van der Waals surface area contributed by atoms with Crippen LogP contribution in [0.15, 0.2) is 18.2 Å². The molecule has 1 aliphatic rings. The minimum absolute atomic E-state index is 0.141. The van der Waals surface area contributed by atoms with Crippen molar-refractivity contribution in [1.82, 2.24) is 0 Å². The van der Waals surface area contributed by atoms with E-state index in [4.69, 9.17) is 0 Å². The van der Waals surface area contributed by atoms with Crippen LogP contribution in [0.3, 0.4) is 0 Å². The van der Waals surface area contributed by atoms with Crippen LogP contribution in [0.25, 0.3) is 0 Å². The summed E-state index contributed by atoms with van der Waals surface area (Å²) in [5.41, 5.74) is 3.95. The lowest BCUT2D eigenvalue weighted by molar-refractivity contribution is 0.0851. The SMILES string of the molecule is Cc1ccc(CC(O)C2CCCCC2)cc1C. The third kappa shape index (κ3) is 3.32. The summed E-state index contributed by atoms with van der Waals surface area (Å²) in [7, 11) is 0. The van der Waals surface area contributed by atoms with Gasteiger partial charge in [-0.2, -0.15) is 0 Å². The lowest BCUT2D eigenvalue weighted by Gasteiger charge is -2.26. The highest BCUT2D eigenvalue weighted by Crippen LogP contribution is 2.28. The van der Waals surface area contributed by atoms with E-state index in [1.54, 1.807) is 0 Å². The molecule has 0 amide bonds. The van der Waals surface area contributed by atoms with Crippen molar-refractivity contribution in [2.45, 2.75) is 58.5 Å². The van der Waals surface area contributed by atoms with E-state index in [0.29, 0.717) is 5.92 Å². The van der Waals surface area contributed by atoms with E-state index in [2.05, 4.69) is 32.0 Å². The van der Waals surface area contributed by atoms with Crippen LogP contribution in [0.1, 0.15) is 48.8 Å². The van der Waals surface area contributed by atoms with Gasteiger partial charge in [0.05, 0.1) is 6.10 Å². The highest BCUT2D eigenvalue weighted by atomic mass is 16.3. The molecule has 2 rings (SSSR count). The molecule has 1 aromatic carbocycles. The molecule has 0 aliphatic heterocycles. The van der Waals surface area contributed by atoms with Gasteiger partial charge in [0.1, 0.15) is 0 Å². The normalized spacial score (nSPS) is 19.2. The van der Waals surface area contributed by atoms with Gasteiger partial charge in [-0.15, -0.1) is 0 Å². The Morgan fingerprint density at radius 2 is 1.82 bits per heavy atom. The number of hydrogen-bond acceptors (Lipinski definition) is 1. The van der Waals surface area contributed by atoms with E-state index in [9.17, 15) is 5.11 Å². The lowest BCUT2D eigenvalue weighted by atomic mass is 9.83. The van der Waals surface area contributed by atoms with Gasteiger partial charge in [0.2, 0.25) is 0 Å². The topological polar surface area (TPSA) is 20.2 Å². The molecule has 0 saturated heterocycles. The molecule has 1 atom stereocenters. The van der Waals surface area contributed by atoms with E-state index in [1.165, 1.54) is 48.8 Å². The smallest absolute Gasteiger partial charge is 0.0608 e. The summed E-state index contributed by atoms with van der Waals surface area (Å²) in [6.45, 7) is 4.28. The highest BCUT2D eigenvalue weighted by Gasteiger charge is 2.21. The van der Waals surface area contributed by atoms with Crippen LogP contribution in [0, 0.1) is 19.8 Å². The van der Waals surface area contributed by atoms with Gasteiger partial charge in [-0.1, -0.05) is 37.5 Å². The predicted molar refractivity (Wildman–Crippen MR) is 72.2 cm³/mol. The molecule has 0 radical (unpaired) electrons. The van der Waals surface area contributed by atoms with Gasteiger partial charge < -0.3 is 5.11 Å². The van der Waals surface area contributed by atoms with Gasteiger partial charge in [-0.25, -0.2) is 0 Å². The van der Waals surface area contributed by atoms with Crippen molar-refractivity contribution >= 4 is 0 Å². The van der Waals surface area contributed by atoms with Crippen LogP contribution in [-0.2, 0) is 6.42 Å². The van der Waals surface area contributed by atoms with Crippen LogP contribution in [0.5, 0.6) is 0 Å². The maximum Gasteiger partial charge on any atom is 0.0608 e. The van der Waals surface area contributed by atoms with Crippen molar-refractivity contribution in [3.8, 4) is 0 Å². The Labute approximate surface area is 105 Å². The summed E-state index contributed by atoms with van der Waals surface area (Å²) < 4.78 is 0. The molecule has 1 nitrogen and oxygen atoms in total. The Kier molecular flexibility index (Phi) is 4.22. The predicted octanol–water partition coefficient (Wildman–Crippen LogP) is 3.79. The zero-order valence-electron chi connectivity index (χ0n) is 11.1. The second-order valence-electron chi connectivity index (χ2n) is 5.59. The molecule has 1 heteroatoms. The molecule has 1 saturated carbocycles. The minimum Gasteiger partial charge on any atom is -0.392 e. The molecule has 17 heavy (non-hydrogen) atoms. The van der Waals surface area contributed by atoms with Gasteiger partial charge in [0.25, 0.3) is 0 Å². The lowest BCUT2D eigenvalue weighted by Crippen LogP contribution is -2.25. The van der Waals surface area contributed by atoms with Crippen LogP contribution < -0.4 is 0 Å². The van der Waals surface area contributed by atoms with Crippen molar-refractivity contribution in [2.24, 2.45) is 5.92 Å². The third-order valence-corrected chi connectivity index (χ3v) is 4.21. The summed E-state index contributed by atoms with van der Waals surface area (Å²) in [6.07, 6.45) is 7.07. The van der Waals surface area contributed by atoms with Gasteiger partial charge in [0, 0.05) is 0 Å². The van der Waals surface area contributed by atoms with Crippen LogP contribution in [-0.4, -0.2) is 11.2 Å². The van der Waals surface area contributed by atoms with Gasteiger partial charge in [0.15, 0.2) is 0 Å². The fourth-order valence-electron chi connectivity index (χ4n) is 2.86. The number of aliphatic hydroxyl groups excluding tert-OH is 1. The highest BCUT2D eigenvalue weighted by molar-refractivity contribution is 5.30. The fraction of sp³-hybridized carbons (Fsp3) is 0.625. The molecule has 0 heterocycles. The largest absolute Gasteiger partial charge is 0.392 e. The molecule has 0 bridgehead atoms. The van der Waals surface area contributed by atoms with Crippen LogP contribution in [0.2, 0.25) is 0 Å². The first-order valence-electron chi connectivity index (χ1n) is 6.91. The molecule has 1 aromatic rings. The van der Waals surface area contributed by atoms with Crippen molar-refractivity contribution in [2.75, 3.05) is 0 Å². The summed E-state index contributed by atoms with van der Waals surface area (Å²) in [4.78, 5) is 0. The van der Waals surface area contributed by atoms with E-state index >= 15 is 0 Å². The first kappa shape index (κ1) is 12.6. The van der Waals surface area contributed by atoms with E-state index < -0.39 is 0 Å². The number of rotatable bonds is 3. The Morgan fingerprint density at radius 3 is 2.47 bits per heavy atom. The first-order valence-corrected chi connectivity index (χ1v) is 6.91. The molecule has 94 valence electrons. The Balaban J connectivity index is 1.96. The van der Waals surface area contributed by atoms with E-state index in [0.717, 1.165) is 6.42 Å². The van der Waals surface area contributed by atoms with Crippen molar-refractivity contribution in [3.63, 3.8) is 0 Å². The molecule has 0 aromatic heterocycles. The summed E-state index contributed by atoms with van der Waals surface area (Å²) in [5, 5.41) is 10.3. The second kappa shape index (κ2) is 5.68. The summed E-state index contributed by atoms with van der Waals surface area (Å²) in [5.74, 6) is 0.533. The van der Waals surface area contributed by atoms with Crippen molar-refractivity contribution in [1.29, 1.82) is 0 Å². The molecule has 1 aliphatic carbocycles. The number of hydrogen-bond donors (Lipinski definition) is 1. The molecular formula is C16H24O. The zero-order valence-corrected chi connectivity index (χ0v) is 11.1. The van der Waals surface area contributed by atoms with E-state index in [1.807, 2.05) is 0 Å². The van der Waals surface area contributed by atoms with Crippen molar-refractivity contribution < 1.29 is 5.11 Å². The van der Waals surface area contributed by atoms with Crippen molar-refractivity contribution in [3.05, 3.63) is 34.9 Å². The summed E-state index contributed by atoms with van der Waals surface area (Å²) >= 11 is 0. The Bertz CT molecular complexity index is 364. The maximum absolute atomic E-state index is 10.3. The third-order valence-electron chi connectivity index (χ3n) is 4.21. The molecule has 0 spiro atoms.